The summed E-state index contributed by atoms with van der Waals surface area (Å²) in [5.41, 5.74) is -0.860. The first-order valence-corrected chi connectivity index (χ1v) is 10.2. The van der Waals surface area contributed by atoms with Crippen LogP contribution in [0.25, 0.3) is 0 Å². The summed E-state index contributed by atoms with van der Waals surface area (Å²) in [6.07, 6.45) is 7.78. The van der Waals surface area contributed by atoms with Crippen LogP contribution in [0, 0.1) is 57.7 Å². The van der Waals surface area contributed by atoms with Crippen LogP contribution in [0.3, 0.4) is 0 Å². The minimum Gasteiger partial charge on any atom is -0.300 e. The molecule has 0 spiro atoms. The molecule has 4 rings (SSSR count). The minimum absolute atomic E-state index is 0. The van der Waals surface area contributed by atoms with Crippen molar-refractivity contribution >= 4 is 5.78 Å². The zero-order valence-corrected chi connectivity index (χ0v) is 18.3. The van der Waals surface area contributed by atoms with Crippen LogP contribution in [0.15, 0.2) is 10.4 Å². The molecule has 4 aliphatic carbocycles. The molecule has 1 unspecified atom stereocenters. The molecule has 6 radical (unpaired) electrons. The second-order valence-corrected chi connectivity index (χ2v) is 8.89. The van der Waals surface area contributed by atoms with Crippen LogP contribution in [0.4, 0.5) is 0 Å². The average molecular weight is 430 g/mol. The van der Waals surface area contributed by atoms with Gasteiger partial charge in [-0.2, -0.15) is 9.81 Å². The fraction of sp³-hybridized carbons (Fsp3) is 0.727. The SMILES string of the molecule is C[C]1[CH][C](C)[C](C)[C]1C.O=N[C@H]1[C@@H]2CC[C@@H](C2)[C@]1(N=O)C1CCCC(=O)C1.[Co]. The number of nitroso groups, excluding NO2 is 2. The number of nitrogens with zero attached hydrogens (tertiary/aromatic N) is 2. The maximum Gasteiger partial charge on any atom is 0.134 e. The second kappa shape index (κ2) is 9.46. The second-order valence-electron chi connectivity index (χ2n) is 8.89. The molecular formula is C22H31CoN2O3. The number of carbonyl (C=O) groups excluding carboxylic acids is 1. The van der Waals surface area contributed by atoms with Gasteiger partial charge in [-0.3, -0.25) is 4.79 Å². The van der Waals surface area contributed by atoms with Gasteiger partial charge in [-0.25, -0.2) is 0 Å². The van der Waals surface area contributed by atoms with Gasteiger partial charge >= 0.3 is 0 Å². The molecule has 0 amide bonds. The number of fused-ring (bicyclic) bond motifs is 2. The van der Waals surface area contributed by atoms with Crippen molar-refractivity contribution in [3.05, 3.63) is 39.9 Å². The van der Waals surface area contributed by atoms with E-state index in [1.807, 2.05) is 0 Å². The van der Waals surface area contributed by atoms with Gasteiger partial charge in [0.2, 0.25) is 0 Å². The van der Waals surface area contributed by atoms with Crippen LogP contribution in [0.2, 0.25) is 0 Å². The van der Waals surface area contributed by atoms with E-state index >= 15 is 0 Å². The summed E-state index contributed by atoms with van der Waals surface area (Å²) in [7, 11) is 0. The van der Waals surface area contributed by atoms with Crippen molar-refractivity contribution in [3.8, 4) is 0 Å². The Labute approximate surface area is 179 Å². The molecule has 156 valence electrons. The molecule has 28 heavy (non-hydrogen) atoms. The first kappa shape index (κ1) is 23.7. The molecule has 5 atom stereocenters. The average Bonchev–Trinajstić information content (AvgIpc) is 3.32. The van der Waals surface area contributed by atoms with Crippen LogP contribution < -0.4 is 0 Å². The zero-order chi connectivity index (χ0) is 19.8. The minimum atomic E-state index is -0.860. The third kappa shape index (κ3) is 4.00. The van der Waals surface area contributed by atoms with Crippen molar-refractivity contribution in [1.29, 1.82) is 0 Å². The summed E-state index contributed by atoms with van der Waals surface area (Å²) in [4.78, 5) is 34.3. The molecule has 2 bridgehead atoms. The predicted octanol–water partition coefficient (Wildman–Crippen LogP) is 5.40. The summed E-state index contributed by atoms with van der Waals surface area (Å²) in [6, 6.07) is -0.482. The van der Waals surface area contributed by atoms with Crippen molar-refractivity contribution in [2.45, 2.75) is 84.2 Å². The Morgan fingerprint density at radius 3 is 2.07 bits per heavy atom. The number of Topliss-reactive ketones (excluding diaryl/α,β-unsaturated/α-hetero) is 1. The molecule has 6 heteroatoms. The number of carbonyl (C=O) groups is 1. The maximum absolute atomic E-state index is 11.6. The van der Waals surface area contributed by atoms with E-state index in [1.165, 1.54) is 23.7 Å². The van der Waals surface area contributed by atoms with E-state index < -0.39 is 11.6 Å². The van der Waals surface area contributed by atoms with Gasteiger partial charge in [0.15, 0.2) is 0 Å². The van der Waals surface area contributed by atoms with Gasteiger partial charge in [-0.15, -0.1) is 0 Å². The van der Waals surface area contributed by atoms with E-state index in [9.17, 15) is 14.6 Å². The number of hydrogen-bond donors (Lipinski definition) is 0. The quantitative estimate of drug-likeness (QED) is 0.563. The van der Waals surface area contributed by atoms with Gasteiger partial charge in [0.25, 0.3) is 0 Å². The van der Waals surface area contributed by atoms with Crippen LogP contribution >= 0.6 is 0 Å². The molecule has 0 heterocycles. The fourth-order valence-corrected chi connectivity index (χ4v) is 5.84. The molecule has 4 fully saturated rings. The van der Waals surface area contributed by atoms with Crippen LogP contribution in [0.1, 0.15) is 72.6 Å². The Hall–Kier alpha value is -0.624. The third-order valence-corrected chi connectivity index (χ3v) is 7.63. The van der Waals surface area contributed by atoms with Crippen molar-refractivity contribution in [2.75, 3.05) is 0 Å². The number of ketones is 1. The Morgan fingerprint density at radius 1 is 0.964 bits per heavy atom. The predicted molar refractivity (Wildman–Crippen MR) is 106 cm³/mol. The van der Waals surface area contributed by atoms with Crippen molar-refractivity contribution in [3.63, 3.8) is 0 Å². The Morgan fingerprint density at radius 2 is 1.61 bits per heavy atom. The summed E-state index contributed by atoms with van der Waals surface area (Å²) in [5.74, 6) is 6.31. The van der Waals surface area contributed by atoms with E-state index in [2.05, 4.69) is 44.5 Å². The van der Waals surface area contributed by atoms with Gasteiger partial charge in [-0.05, 0) is 80.0 Å². The van der Waals surface area contributed by atoms with Crippen LogP contribution in [-0.4, -0.2) is 17.4 Å². The van der Waals surface area contributed by atoms with E-state index in [4.69, 9.17) is 0 Å². The fourth-order valence-electron chi connectivity index (χ4n) is 5.84. The molecule has 4 saturated carbocycles. The Balaban J connectivity index is 0.000000239. The van der Waals surface area contributed by atoms with E-state index in [0.29, 0.717) is 12.8 Å². The normalized spacial score (nSPS) is 39.4. The molecular weight excluding hydrogens is 399 g/mol. The van der Waals surface area contributed by atoms with Crippen molar-refractivity contribution in [2.24, 2.45) is 28.1 Å². The summed E-state index contributed by atoms with van der Waals surface area (Å²) in [5, 5.41) is 6.66. The molecule has 0 N–H and O–H groups in total. The Bertz CT molecular complexity index is 574. The molecule has 0 aromatic carbocycles. The van der Waals surface area contributed by atoms with Crippen LogP contribution in [0.5, 0.6) is 0 Å². The molecule has 0 aromatic rings. The number of hydrogen-bond acceptors (Lipinski definition) is 5. The first-order chi connectivity index (χ1) is 12.8. The molecule has 0 aliphatic heterocycles. The topological polar surface area (TPSA) is 75.9 Å². The van der Waals surface area contributed by atoms with E-state index in [-0.39, 0.29) is 40.3 Å². The van der Waals surface area contributed by atoms with Gasteiger partial charge < -0.3 is 0 Å². The Kier molecular flexibility index (Phi) is 7.99. The van der Waals surface area contributed by atoms with Crippen molar-refractivity contribution in [1.82, 2.24) is 0 Å². The van der Waals surface area contributed by atoms with E-state index in [1.54, 1.807) is 0 Å². The molecule has 4 aliphatic rings. The molecule has 0 saturated heterocycles. The van der Waals surface area contributed by atoms with Crippen LogP contribution in [-0.2, 0) is 21.6 Å². The van der Waals surface area contributed by atoms with Gasteiger partial charge in [0.1, 0.15) is 17.4 Å². The third-order valence-electron chi connectivity index (χ3n) is 7.63. The van der Waals surface area contributed by atoms with Crippen molar-refractivity contribution < 1.29 is 21.6 Å². The van der Waals surface area contributed by atoms with E-state index in [0.717, 1.165) is 32.1 Å². The monoisotopic (exact) mass is 430 g/mol. The zero-order valence-electron chi connectivity index (χ0n) is 17.3. The standard InChI is InChI=1S/C13H18N2O3.C9H13.Co/c16-11-3-1-2-9(7-11)13(15-18)10-5-4-8(6-10)12(13)14-17;1-6-5-7(2)9(4)8(6)3;/h8-10,12H,1-7H2;5H,1-4H3;/t8-,9?,10+,12+,13-;;/m1../s1. The largest absolute Gasteiger partial charge is 0.300 e. The van der Waals surface area contributed by atoms with Gasteiger partial charge in [0, 0.05) is 29.6 Å². The summed E-state index contributed by atoms with van der Waals surface area (Å²) in [6.45, 7) is 8.68. The molecule has 5 nitrogen and oxygen atoms in total. The van der Waals surface area contributed by atoms with Gasteiger partial charge in [0.05, 0.1) is 0 Å². The molecule has 0 aromatic heterocycles. The maximum atomic E-state index is 11.6. The van der Waals surface area contributed by atoms with Gasteiger partial charge in [-0.1, -0.05) is 38.0 Å². The smallest absolute Gasteiger partial charge is 0.134 e. The number of rotatable bonds is 3. The summed E-state index contributed by atoms with van der Waals surface area (Å²) < 4.78 is 0. The summed E-state index contributed by atoms with van der Waals surface area (Å²) >= 11 is 0. The first-order valence-electron chi connectivity index (χ1n) is 10.2.